The summed E-state index contributed by atoms with van der Waals surface area (Å²) in [6.07, 6.45) is 0.914. The molecule has 1 atom stereocenters. The van der Waals surface area contributed by atoms with E-state index in [9.17, 15) is 9.59 Å². The fraction of sp³-hybridized carbons (Fsp3) is 0.263. The van der Waals surface area contributed by atoms with Gasteiger partial charge in [0.1, 0.15) is 6.04 Å². The van der Waals surface area contributed by atoms with Gasteiger partial charge in [-0.2, -0.15) is 0 Å². The molecule has 118 valence electrons. The number of carbonyl (C=O) groups is 2. The van der Waals surface area contributed by atoms with Crippen LogP contribution in [0.4, 0.5) is 5.69 Å². The molecule has 2 aromatic carbocycles. The van der Waals surface area contributed by atoms with Gasteiger partial charge < -0.3 is 5.32 Å². The van der Waals surface area contributed by atoms with Gasteiger partial charge in [0.25, 0.3) is 5.91 Å². The van der Waals surface area contributed by atoms with Crippen LogP contribution in [0.1, 0.15) is 17.5 Å². The molecule has 1 fully saturated rings. The first-order valence-corrected chi connectivity index (χ1v) is 7.85. The first-order valence-electron chi connectivity index (χ1n) is 7.85. The summed E-state index contributed by atoms with van der Waals surface area (Å²) in [7, 11) is 0. The number of anilines is 1. The molecule has 4 nitrogen and oxygen atoms in total. The Morgan fingerprint density at radius 3 is 2.61 bits per heavy atom. The average Bonchev–Trinajstić information content (AvgIpc) is 2.80. The second-order valence-corrected chi connectivity index (χ2v) is 5.89. The second-order valence-electron chi connectivity index (χ2n) is 5.89. The first-order chi connectivity index (χ1) is 11.1. The SMILES string of the molecule is Cc1cccc(N[C@@H]2CC(=O)N(CCc3ccccc3)C2=O)c1. The lowest BCUT2D eigenvalue weighted by molar-refractivity contribution is -0.138. The van der Waals surface area contributed by atoms with Crippen LogP contribution < -0.4 is 5.32 Å². The molecular formula is C19H20N2O2. The number of hydrogen-bond donors (Lipinski definition) is 1. The molecule has 0 saturated carbocycles. The Labute approximate surface area is 136 Å². The van der Waals surface area contributed by atoms with Crippen molar-refractivity contribution >= 4 is 17.5 Å². The summed E-state index contributed by atoms with van der Waals surface area (Å²) >= 11 is 0. The predicted octanol–water partition coefficient (Wildman–Crippen LogP) is 2.78. The number of rotatable bonds is 5. The Hall–Kier alpha value is -2.62. The van der Waals surface area contributed by atoms with Gasteiger partial charge in [-0.25, -0.2) is 0 Å². The summed E-state index contributed by atoms with van der Waals surface area (Å²) < 4.78 is 0. The van der Waals surface area contributed by atoms with Gasteiger partial charge in [-0.05, 0) is 36.6 Å². The topological polar surface area (TPSA) is 49.4 Å². The third-order valence-electron chi connectivity index (χ3n) is 4.07. The standard InChI is InChI=1S/C19H20N2O2/c1-14-6-5-9-16(12-14)20-17-13-18(22)21(19(17)23)11-10-15-7-3-2-4-8-15/h2-9,12,17,20H,10-11,13H2,1H3/t17-/m1/s1. The maximum absolute atomic E-state index is 12.5. The largest absolute Gasteiger partial charge is 0.373 e. The van der Waals surface area contributed by atoms with Gasteiger partial charge in [0.2, 0.25) is 5.91 Å². The summed E-state index contributed by atoms with van der Waals surface area (Å²) in [6.45, 7) is 2.44. The van der Waals surface area contributed by atoms with Crippen molar-refractivity contribution in [2.75, 3.05) is 11.9 Å². The van der Waals surface area contributed by atoms with E-state index >= 15 is 0 Å². The van der Waals surface area contributed by atoms with Gasteiger partial charge >= 0.3 is 0 Å². The molecule has 3 rings (SSSR count). The van der Waals surface area contributed by atoms with Crippen molar-refractivity contribution in [3.63, 3.8) is 0 Å². The van der Waals surface area contributed by atoms with Crippen LogP contribution in [-0.4, -0.2) is 29.3 Å². The molecule has 1 heterocycles. The number of nitrogens with one attached hydrogen (secondary N) is 1. The van der Waals surface area contributed by atoms with Crippen molar-refractivity contribution < 1.29 is 9.59 Å². The number of likely N-dealkylation sites (tertiary alicyclic amines) is 1. The van der Waals surface area contributed by atoms with Crippen molar-refractivity contribution in [1.82, 2.24) is 4.90 Å². The average molecular weight is 308 g/mol. The van der Waals surface area contributed by atoms with Crippen LogP contribution in [0.3, 0.4) is 0 Å². The van der Waals surface area contributed by atoms with Crippen LogP contribution in [0, 0.1) is 6.92 Å². The van der Waals surface area contributed by atoms with E-state index in [-0.39, 0.29) is 18.2 Å². The fourth-order valence-corrected chi connectivity index (χ4v) is 2.85. The molecule has 0 bridgehead atoms. The predicted molar refractivity (Wildman–Crippen MR) is 90.1 cm³/mol. The van der Waals surface area contributed by atoms with Gasteiger partial charge in [0, 0.05) is 12.2 Å². The van der Waals surface area contributed by atoms with E-state index in [1.807, 2.05) is 61.5 Å². The van der Waals surface area contributed by atoms with E-state index in [0.29, 0.717) is 13.0 Å². The molecule has 1 saturated heterocycles. The number of aryl methyl sites for hydroxylation is 1. The zero-order valence-electron chi connectivity index (χ0n) is 13.2. The monoisotopic (exact) mass is 308 g/mol. The van der Waals surface area contributed by atoms with Gasteiger partial charge in [-0.1, -0.05) is 42.5 Å². The zero-order valence-corrected chi connectivity index (χ0v) is 13.2. The molecule has 1 aliphatic rings. The number of carbonyl (C=O) groups excluding carboxylic acids is 2. The smallest absolute Gasteiger partial charge is 0.252 e. The van der Waals surface area contributed by atoms with Crippen LogP contribution in [0.25, 0.3) is 0 Å². The van der Waals surface area contributed by atoms with Crippen LogP contribution in [0.5, 0.6) is 0 Å². The summed E-state index contributed by atoms with van der Waals surface area (Å²) in [4.78, 5) is 26.0. The van der Waals surface area contributed by atoms with E-state index in [4.69, 9.17) is 0 Å². The fourth-order valence-electron chi connectivity index (χ4n) is 2.85. The van der Waals surface area contributed by atoms with Gasteiger partial charge in [-0.3, -0.25) is 14.5 Å². The molecule has 23 heavy (non-hydrogen) atoms. The molecule has 2 amide bonds. The molecule has 0 aromatic heterocycles. The highest BCUT2D eigenvalue weighted by Gasteiger charge is 2.38. The van der Waals surface area contributed by atoms with Crippen LogP contribution >= 0.6 is 0 Å². The van der Waals surface area contributed by atoms with E-state index in [1.54, 1.807) is 0 Å². The summed E-state index contributed by atoms with van der Waals surface area (Å²) in [5.41, 5.74) is 3.12. The van der Waals surface area contributed by atoms with E-state index < -0.39 is 6.04 Å². The lowest BCUT2D eigenvalue weighted by Crippen LogP contribution is -2.36. The Balaban J connectivity index is 1.63. The van der Waals surface area contributed by atoms with Crippen molar-refractivity contribution in [1.29, 1.82) is 0 Å². The van der Waals surface area contributed by atoms with E-state index in [1.165, 1.54) is 4.90 Å². The number of hydrogen-bond acceptors (Lipinski definition) is 3. The summed E-state index contributed by atoms with van der Waals surface area (Å²) in [5, 5.41) is 3.18. The zero-order chi connectivity index (χ0) is 16.2. The Bertz CT molecular complexity index is 712. The van der Waals surface area contributed by atoms with E-state index in [2.05, 4.69) is 5.32 Å². The van der Waals surface area contributed by atoms with Gasteiger partial charge in [0.05, 0.1) is 6.42 Å². The molecule has 1 N–H and O–H groups in total. The minimum atomic E-state index is -0.458. The highest BCUT2D eigenvalue weighted by atomic mass is 16.2. The number of amides is 2. The van der Waals surface area contributed by atoms with Crippen molar-refractivity contribution in [2.24, 2.45) is 0 Å². The Morgan fingerprint density at radius 1 is 1.09 bits per heavy atom. The summed E-state index contributed by atoms with van der Waals surface area (Å²) in [5.74, 6) is -0.233. The maximum Gasteiger partial charge on any atom is 0.252 e. The first kappa shape index (κ1) is 15.3. The number of benzene rings is 2. The minimum absolute atomic E-state index is 0.101. The molecule has 0 spiro atoms. The lowest BCUT2D eigenvalue weighted by atomic mass is 10.1. The normalized spacial score (nSPS) is 17.6. The minimum Gasteiger partial charge on any atom is -0.373 e. The molecule has 0 aliphatic carbocycles. The van der Waals surface area contributed by atoms with E-state index in [0.717, 1.165) is 16.8 Å². The van der Waals surface area contributed by atoms with Crippen molar-refractivity contribution in [2.45, 2.75) is 25.8 Å². The maximum atomic E-state index is 12.5. The third-order valence-corrected chi connectivity index (χ3v) is 4.07. The Morgan fingerprint density at radius 2 is 1.87 bits per heavy atom. The highest BCUT2D eigenvalue weighted by molar-refractivity contribution is 6.06. The van der Waals surface area contributed by atoms with Crippen LogP contribution in [-0.2, 0) is 16.0 Å². The van der Waals surface area contributed by atoms with Gasteiger partial charge in [-0.15, -0.1) is 0 Å². The molecular weight excluding hydrogens is 288 g/mol. The molecule has 1 aliphatic heterocycles. The highest BCUT2D eigenvalue weighted by Crippen LogP contribution is 2.19. The van der Waals surface area contributed by atoms with Crippen LogP contribution in [0.15, 0.2) is 54.6 Å². The molecule has 0 unspecified atom stereocenters. The molecule has 2 aromatic rings. The second kappa shape index (κ2) is 6.65. The van der Waals surface area contributed by atoms with Crippen LogP contribution in [0.2, 0.25) is 0 Å². The quantitative estimate of drug-likeness (QED) is 0.864. The Kier molecular flexibility index (Phi) is 4.42. The molecule has 0 radical (unpaired) electrons. The number of nitrogens with zero attached hydrogens (tertiary/aromatic N) is 1. The van der Waals surface area contributed by atoms with Crippen molar-refractivity contribution in [3.05, 3.63) is 65.7 Å². The number of imide groups is 1. The van der Waals surface area contributed by atoms with Crippen molar-refractivity contribution in [3.8, 4) is 0 Å². The summed E-state index contributed by atoms with van der Waals surface area (Å²) in [6, 6.07) is 17.3. The van der Waals surface area contributed by atoms with Gasteiger partial charge in [0.15, 0.2) is 0 Å². The lowest BCUT2D eigenvalue weighted by Gasteiger charge is -2.16. The third kappa shape index (κ3) is 3.59. The molecule has 4 heteroatoms.